The van der Waals surface area contributed by atoms with E-state index in [-0.39, 0.29) is 11.6 Å². The Hall–Kier alpha value is -1.97. The number of unbranched alkanes of at least 4 members (excludes halogenated alkanes) is 4. The zero-order valence-electron chi connectivity index (χ0n) is 20.5. The third kappa shape index (κ3) is 6.58. The second-order valence-corrected chi connectivity index (χ2v) is 10.6. The van der Waals surface area contributed by atoms with E-state index in [1.807, 2.05) is 6.07 Å². The molecule has 0 N–H and O–H groups in total. The number of ether oxygens (including phenoxy) is 1. The van der Waals surface area contributed by atoms with Crippen molar-refractivity contribution in [2.24, 2.45) is 17.8 Å². The van der Waals surface area contributed by atoms with Crippen LogP contribution in [0.25, 0.3) is 11.1 Å². The second kappa shape index (κ2) is 12.1. The highest BCUT2D eigenvalue weighted by Gasteiger charge is 2.35. The fourth-order valence-corrected chi connectivity index (χ4v) is 6.42. The van der Waals surface area contributed by atoms with Gasteiger partial charge in [0, 0.05) is 5.56 Å². The van der Waals surface area contributed by atoms with E-state index >= 15 is 4.39 Å². The molecule has 2 fully saturated rings. The fraction of sp³-hybridized carbons (Fsp3) is 0.600. The van der Waals surface area contributed by atoms with Crippen LogP contribution in [0, 0.1) is 23.6 Å². The van der Waals surface area contributed by atoms with Gasteiger partial charge < -0.3 is 4.74 Å². The van der Waals surface area contributed by atoms with Gasteiger partial charge in [0.1, 0.15) is 11.6 Å². The largest absolute Gasteiger partial charge is 0.435 e. The predicted molar refractivity (Wildman–Crippen MR) is 133 cm³/mol. The van der Waals surface area contributed by atoms with Crippen LogP contribution in [0.2, 0.25) is 0 Å². The van der Waals surface area contributed by atoms with Gasteiger partial charge in [-0.05, 0) is 85.1 Å². The van der Waals surface area contributed by atoms with E-state index in [1.54, 1.807) is 18.2 Å². The lowest BCUT2D eigenvalue weighted by molar-refractivity contribution is -0.0498. The number of benzene rings is 2. The van der Waals surface area contributed by atoms with Crippen LogP contribution in [0.15, 0.2) is 42.5 Å². The molecule has 1 nitrogen and oxygen atoms in total. The van der Waals surface area contributed by atoms with Crippen LogP contribution >= 0.6 is 0 Å². The molecule has 0 spiro atoms. The topological polar surface area (TPSA) is 9.23 Å². The van der Waals surface area contributed by atoms with Crippen molar-refractivity contribution in [3.63, 3.8) is 0 Å². The molecule has 1 unspecified atom stereocenters. The zero-order valence-corrected chi connectivity index (χ0v) is 20.5. The summed E-state index contributed by atoms with van der Waals surface area (Å²) in [5.74, 6) is 2.86. The van der Waals surface area contributed by atoms with Crippen molar-refractivity contribution in [1.82, 2.24) is 0 Å². The smallest absolute Gasteiger partial charge is 0.387 e. The summed E-state index contributed by atoms with van der Waals surface area (Å²) in [7, 11) is 0. The molecule has 0 heterocycles. The molecule has 4 atom stereocenters. The van der Waals surface area contributed by atoms with Crippen molar-refractivity contribution in [2.45, 2.75) is 96.5 Å². The van der Waals surface area contributed by atoms with E-state index < -0.39 is 6.61 Å². The molecule has 0 bridgehead atoms. The molecule has 186 valence electrons. The van der Waals surface area contributed by atoms with Crippen LogP contribution in [0.5, 0.6) is 5.75 Å². The molecule has 0 saturated heterocycles. The van der Waals surface area contributed by atoms with Crippen molar-refractivity contribution in [3.8, 4) is 16.9 Å². The highest BCUT2D eigenvalue weighted by molar-refractivity contribution is 5.65. The predicted octanol–water partition coefficient (Wildman–Crippen LogP) is 9.75. The van der Waals surface area contributed by atoms with E-state index in [0.29, 0.717) is 17.0 Å². The molecular formula is C30H39F3O. The van der Waals surface area contributed by atoms with Crippen molar-refractivity contribution in [1.29, 1.82) is 0 Å². The maximum absolute atomic E-state index is 15.0. The van der Waals surface area contributed by atoms with Crippen LogP contribution in [0.4, 0.5) is 13.2 Å². The Kier molecular flexibility index (Phi) is 8.97. The Morgan fingerprint density at radius 3 is 2.32 bits per heavy atom. The number of hydrogen-bond donors (Lipinski definition) is 0. The first kappa shape index (κ1) is 25.1. The van der Waals surface area contributed by atoms with Gasteiger partial charge in [-0.25, -0.2) is 4.39 Å². The maximum atomic E-state index is 15.0. The van der Waals surface area contributed by atoms with Crippen molar-refractivity contribution in [2.75, 3.05) is 0 Å². The lowest BCUT2D eigenvalue weighted by atomic mass is 9.63. The first-order valence-corrected chi connectivity index (χ1v) is 13.4. The summed E-state index contributed by atoms with van der Waals surface area (Å²) in [5, 5.41) is 0. The molecule has 2 aliphatic rings. The number of hydrogen-bond acceptors (Lipinski definition) is 1. The van der Waals surface area contributed by atoms with Crippen LogP contribution in [0.1, 0.15) is 95.5 Å². The molecule has 0 aromatic heterocycles. The van der Waals surface area contributed by atoms with E-state index in [2.05, 4.69) is 17.7 Å². The second-order valence-electron chi connectivity index (χ2n) is 10.6. The average Bonchev–Trinajstić information content (AvgIpc) is 2.84. The highest BCUT2D eigenvalue weighted by Crippen LogP contribution is 2.48. The van der Waals surface area contributed by atoms with Crippen LogP contribution in [-0.2, 0) is 0 Å². The minimum Gasteiger partial charge on any atom is -0.435 e. The summed E-state index contributed by atoms with van der Waals surface area (Å²) in [6, 6.07) is 11.8. The Balaban J connectivity index is 1.31. The van der Waals surface area contributed by atoms with Gasteiger partial charge in [-0.2, -0.15) is 8.78 Å². The van der Waals surface area contributed by atoms with Crippen molar-refractivity contribution >= 4 is 0 Å². The summed E-state index contributed by atoms with van der Waals surface area (Å²) in [6.07, 6.45) is 16.0. The molecule has 2 saturated carbocycles. The van der Waals surface area contributed by atoms with Gasteiger partial charge >= 0.3 is 6.61 Å². The minimum absolute atomic E-state index is 0.0822. The van der Waals surface area contributed by atoms with Crippen LogP contribution in [0.3, 0.4) is 0 Å². The summed E-state index contributed by atoms with van der Waals surface area (Å²) >= 11 is 0. The van der Waals surface area contributed by atoms with Crippen LogP contribution < -0.4 is 4.74 Å². The minimum atomic E-state index is -2.86. The lowest BCUT2D eigenvalue weighted by Gasteiger charge is -2.42. The standard InChI is InChI=1S/C30H39F3O/c1-2-3-4-5-6-7-21-8-9-24-19-25(11-10-23(24)18-21)26-14-17-28(29(31)20-26)22-12-15-27(16-13-22)34-30(32)33/h12-17,20-21,23-25,30H,2-11,18-19H2,1H3/t21?,23-,24-,25-/m1/s1. The molecule has 4 heteroatoms. The molecule has 2 aromatic rings. The van der Waals surface area contributed by atoms with Gasteiger partial charge in [0.05, 0.1) is 0 Å². The van der Waals surface area contributed by atoms with Gasteiger partial charge in [0.15, 0.2) is 0 Å². The fourth-order valence-electron chi connectivity index (χ4n) is 6.42. The van der Waals surface area contributed by atoms with Crippen molar-refractivity contribution < 1.29 is 17.9 Å². The van der Waals surface area contributed by atoms with E-state index in [0.717, 1.165) is 29.7 Å². The summed E-state index contributed by atoms with van der Waals surface area (Å²) in [5.41, 5.74) is 2.28. The third-order valence-corrected chi connectivity index (χ3v) is 8.29. The SMILES string of the molecule is CCCCCCCC1CC[C@@H]2C[C@H](c3ccc(-c4ccc(OC(F)F)cc4)c(F)c3)CC[C@@H]2C1. The number of rotatable bonds is 10. The maximum Gasteiger partial charge on any atom is 0.387 e. The van der Waals surface area contributed by atoms with E-state index in [9.17, 15) is 8.78 Å². The van der Waals surface area contributed by atoms with Gasteiger partial charge in [-0.1, -0.05) is 76.1 Å². The monoisotopic (exact) mass is 472 g/mol. The van der Waals surface area contributed by atoms with Crippen molar-refractivity contribution in [3.05, 3.63) is 53.8 Å². The molecule has 2 aromatic carbocycles. The molecule has 0 radical (unpaired) electrons. The van der Waals surface area contributed by atoms with Gasteiger partial charge in [-0.15, -0.1) is 0 Å². The molecule has 2 aliphatic carbocycles. The highest BCUT2D eigenvalue weighted by atomic mass is 19.3. The molecule has 4 rings (SSSR count). The molecule has 34 heavy (non-hydrogen) atoms. The van der Waals surface area contributed by atoms with E-state index in [4.69, 9.17) is 0 Å². The normalized spacial score (nSPS) is 24.7. The Bertz CT molecular complexity index is 894. The Labute approximate surface area is 203 Å². The van der Waals surface area contributed by atoms with Crippen LogP contribution in [-0.4, -0.2) is 6.61 Å². The van der Waals surface area contributed by atoms with Gasteiger partial charge in [-0.3, -0.25) is 0 Å². The first-order chi connectivity index (χ1) is 16.5. The van der Waals surface area contributed by atoms with Gasteiger partial charge in [0.25, 0.3) is 0 Å². The lowest BCUT2D eigenvalue weighted by Crippen LogP contribution is -2.30. The first-order valence-electron chi connectivity index (χ1n) is 13.4. The number of halogens is 3. The molecule has 0 aliphatic heterocycles. The number of alkyl halides is 2. The quantitative estimate of drug-likeness (QED) is 0.313. The third-order valence-electron chi connectivity index (χ3n) is 8.29. The molecule has 0 amide bonds. The zero-order chi connectivity index (χ0) is 23.9. The number of fused-ring (bicyclic) bond motifs is 1. The van der Waals surface area contributed by atoms with Gasteiger partial charge in [0.2, 0.25) is 0 Å². The summed E-state index contributed by atoms with van der Waals surface area (Å²) < 4.78 is 44.1. The molecular weight excluding hydrogens is 433 g/mol. The van der Waals surface area contributed by atoms with E-state index in [1.165, 1.54) is 82.8 Å². The average molecular weight is 473 g/mol. The Morgan fingerprint density at radius 1 is 0.853 bits per heavy atom. The summed E-state index contributed by atoms with van der Waals surface area (Å²) in [6.45, 7) is -0.585. The summed E-state index contributed by atoms with van der Waals surface area (Å²) in [4.78, 5) is 0. The Morgan fingerprint density at radius 2 is 1.59 bits per heavy atom.